The summed E-state index contributed by atoms with van der Waals surface area (Å²) in [5, 5.41) is 4.54. The fraction of sp³-hybridized carbons (Fsp3) is 0.385. The molecule has 0 atom stereocenters. The maximum atomic E-state index is 5.68. The number of fused-ring (bicyclic) bond motifs is 1. The highest BCUT2D eigenvalue weighted by atomic mass is 16.5. The van der Waals surface area contributed by atoms with E-state index < -0.39 is 0 Å². The van der Waals surface area contributed by atoms with Crippen LogP contribution in [0.25, 0.3) is 11.0 Å². The number of para-hydroxylation sites is 1. The molecule has 0 amide bonds. The van der Waals surface area contributed by atoms with Crippen molar-refractivity contribution in [2.24, 2.45) is 0 Å². The molecule has 0 fully saturated rings. The van der Waals surface area contributed by atoms with Gasteiger partial charge in [-0.2, -0.15) is 0 Å². The van der Waals surface area contributed by atoms with Crippen LogP contribution in [0.4, 0.5) is 0 Å². The number of furan rings is 1. The lowest BCUT2D eigenvalue weighted by molar-refractivity contribution is 0.199. The summed E-state index contributed by atoms with van der Waals surface area (Å²) in [5.41, 5.74) is 2.20. The standard InChI is InChI=1S/C13H17NO2/c1-10-12(9-14-7-8-15-2)11-5-3-4-6-13(11)16-10/h3-6,14H,7-9H2,1-2H3. The van der Waals surface area contributed by atoms with Crippen LogP contribution in [0, 0.1) is 6.92 Å². The van der Waals surface area contributed by atoms with Crippen molar-refractivity contribution in [2.45, 2.75) is 13.5 Å². The monoisotopic (exact) mass is 219 g/mol. The number of rotatable bonds is 5. The summed E-state index contributed by atoms with van der Waals surface area (Å²) < 4.78 is 10.7. The summed E-state index contributed by atoms with van der Waals surface area (Å²) in [6.07, 6.45) is 0. The highest BCUT2D eigenvalue weighted by Gasteiger charge is 2.08. The Morgan fingerprint density at radius 1 is 1.31 bits per heavy atom. The first-order chi connectivity index (χ1) is 7.83. The first-order valence-electron chi connectivity index (χ1n) is 5.49. The molecule has 0 saturated carbocycles. The van der Waals surface area contributed by atoms with E-state index in [4.69, 9.17) is 9.15 Å². The molecule has 1 aromatic heterocycles. The Labute approximate surface area is 95.4 Å². The largest absolute Gasteiger partial charge is 0.461 e. The summed E-state index contributed by atoms with van der Waals surface area (Å²) in [4.78, 5) is 0. The smallest absolute Gasteiger partial charge is 0.134 e. The number of benzene rings is 1. The topological polar surface area (TPSA) is 34.4 Å². The quantitative estimate of drug-likeness (QED) is 0.784. The predicted molar refractivity (Wildman–Crippen MR) is 64.5 cm³/mol. The van der Waals surface area contributed by atoms with E-state index in [1.807, 2.05) is 25.1 Å². The molecule has 0 radical (unpaired) electrons. The van der Waals surface area contributed by atoms with Crippen LogP contribution in [-0.4, -0.2) is 20.3 Å². The number of nitrogens with one attached hydrogen (secondary N) is 1. The number of hydrogen-bond donors (Lipinski definition) is 1. The van der Waals surface area contributed by atoms with E-state index in [0.717, 1.165) is 31.0 Å². The molecule has 2 aromatic rings. The van der Waals surface area contributed by atoms with Crippen LogP contribution in [0.5, 0.6) is 0 Å². The van der Waals surface area contributed by atoms with Gasteiger partial charge in [0.1, 0.15) is 11.3 Å². The number of ether oxygens (including phenoxy) is 1. The summed E-state index contributed by atoms with van der Waals surface area (Å²) >= 11 is 0. The maximum Gasteiger partial charge on any atom is 0.134 e. The van der Waals surface area contributed by atoms with Crippen molar-refractivity contribution >= 4 is 11.0 Å². The Bertz CT molecular complexity index is 462. The molecule has 0 aliphatic rings. The zero-order chi connectivity index (χ0) is 11.4. The Balaban J connectivity index is 2.13. The van der Waals surface area contributed by atoms with E-state index in [9.17, 15) is 0 Å². The molecule has 1 N–H and O–H groups in total. The molecule has 86 valence electrons. The summed E-state index contributed by atoms with van der Waals surface area (Å²) in [5.74, 6) is 0.992. The van der Waals surface area contributed by atoms with Crippen molar-refractivity contribution in [2.75, 3.05) is 20.3 Å². The third-order valence-corrected chi connectivity index (χ3v) is 2.68. The molecule has 0 aliphatic heterocycles. The van der Waals surface area contributed by atoms with Crippen molar-refractivity contribution in [3.05, 3.63) is 35.6 Å². The second-order valence-corrected chi connectivity index (χ2v) is 3.80. The Morgan fingerprint density at radius 3 is 2.94 bits per heavy atom. The number of aryl methyl sites for hydroxylation is 1. The molecule has 16 heavy (non-hydrogen) atoms. The number of hydrogen-bond acceptors (Lipinski definition) is 3. The van der Waals surface area contributed by atoms with Gasteiger partial charge in [0.15, 0.2) is 0 Å². The molecule has 1 aromatic carbocycles. The molecular weight excluding hydrogens is 202 g/mol. The SMILES string of the molecule is COCCNCc1c(C)oc2ccccc12. The van der Waals surface area contributed by atoms with E-state index in [0.29, 0.717) is 0 Å². The highest BCUT2D eigenvalue weighted by Crippen LogP contribution is 2.24. The molecule has 0 saturated heterocycles. The van der Waals surface area contributed by atoms with Gasteiger partial charge in [-0.25, -0.2) is 0 Å². The van der Waals surface area contributed by atoms with Crippen molar-refractivity contribution in [3.63, 3.8) is 0 Å². The molecule has 3 heteroatoms. The lowest BCUT2D eigenvalue weighted by atomic mass is 10.1. The number of methoxy groups -OCH3 is 1. The third kappa shape index (κ3) is 2.26. The maximum absolute atomic E-state index is 5.68. The van der Waals surface area contributed by atoms with Crippen LogP contribution >= 0.6 is 0 Å². The molecule has 0 spiro atoms. The molecule has 0 aliphatic carbocycles. The van der Waals surface area contributed by atoms with Crippen LogP contribution in [0.3, 0.4) is 0 Å². The predicted octanol–water partition coefficient (Wildman–Crippen LogP) is 2.48. The van der Waals surface area contributed by atoms with E-state index in [-0.39, 0.29) is 0 Å². The Morgan fingerprint density at radius 2 is 2.12 bits per heavy atom. The van der Waals surface area contributed by atoms with Crippen molar-refractivity contribution in [1.29, 1.82) is 0 Å². The van der Waals surface area contributed by atoms with E-state index >= 15 is 0 Å². The summed E-state index contributed by atoms with van der Waals surface area (Å²) in [6.45, 7) is 4.42. The van der Waals surface area contributed by atoms with Gasteiger partial charge in [-0.05, 0) is 13.0 Å². The second-order valence-electron chi connectivity index (χ2n) is 3.80. The van der Waals surface area contributed by atoms with Crippen LogP contribution in [-0.2, 0) is 11.3 Å². The van der Waals surface area contributed by atoms with Crippen LogP contribution < -0.4 is 5.32 Å². The van der Waals surface area contributed by atoms with Crippen molar-refractivity contribution < 1.29 is 9.15 Å². The molecule has 0 unspecified atom stereocenters. The van der Waals surface area contributed by atoms with Crippen molar-refractivity contribution in [1.82, 2.24) is 5.32 Å². The summed E-state index contributed by atoms with van der Waals surface area (Å²) in [7, 11) is 1.71. The van der Waals surface area contributed by atoms with Gasteiger partial charge in [0.05, 0.1) is 6.61 Å². The van der Waals surface area contributed by atoms with Gasteiger partial charge in [-0.1, -0.05) is 18.2 Å². The van der Waals surface area contributed by atoms with Gasteiger partial charge >= 0.3 is 0 Å². The van der Waals surface area contributed by atoms with Gasteiger partial charge in [0.25, 0.3) is 0 Å². The molecule has 0 bridgehead atoms. The summed E-state index contributed by atoms with van der Waals surface area (Å²) in [6, 6.07) is 8.13. The van der Waals surface area contributed by atoms with Crippen LogP contribution in [0.15, 0.2) is 28.7 Å². The molecule has 3 nitrogen and oxygen atoms in total. The normalized spacial score (nSPS) is 11.1. The fourth-order valence-corrected chi connectivity index (χ4v) is 1.83. The molecule has 2 rings (SSSR count). The first-order valence-corrected chi connectivity index (χ1v) is 5.49. The highest BCUT2D eigenvalue weighted by molar-refractivity contribution is 5.82. The minimum absolute atomic E-state index is 0.731. The van der Waals surface area contributed by atoms with Crippen LogP contribution in [0.1, 0.15) is 11.3 Å². The fourth-order valence-electron chi connectivity index (χ4n) is 1.83. The lowest BCUT2D eigenvalue weighted by Crippen LogP contribution is -2.18. The average molecular weight is 219 g/mol. The second kappa shape index (κ2) is 5.14. The van der Waals surface area contributed by atoms with E-state index in [1.54, 1.807) is 7.11 Å². The minimum Gasteiger partial charge on any atom is -0.461 e. The van der Waals surface area contributed by atoms with Gasteiger partial charge in [0.2, 0.25) is 0 Å². The molecular formula is C13H17NO2. The Kier molecular flexibility index (Phi) is 3.59. The minimum atomic E-state index is 0.731. The van der Waals surface area contributed by atoms with Gasteiger partial charge < -0.3 is 14.5 Å². The molecule has 1 heterocycles. The van der Waals surface area contributed by atoms with Gasteiger partial charge in [-0.3, -0.25) is 0 Å². The van der Waals surface area contributed by atoms with Crippen molar-refractivity contribution in [3.8, 4) is 0 Å². The van der Waals surface area contributed by atoms with E-state index in [1.165, 1.54) is 10.9 Å². The van der Waals surface area contributed by atoms with Gasteiger partial charge in [-0.15, -0.1) is 0 Å². The lowest BCUT2D eigenvalue weighted by Gasteiger charge is -2.03. The Hall–Kier alpha value is -1.32. The first kappa shape index (κ1) is 11.2. The van der Waals surface area contributed by atoms with Crippen LogP contribution in [0.2, 0.25) is 0 Å². The average Bonchev–Trinajstić information content (AvgIpc) is 2.61. The third-order valence-electron chi connectivity index (χ3n) is 2.68. The van der Waals surface area contributed by atoms with Gasteiger partial charge in [0, 0.05) is 31.1 Å². The zero-order valence-electron chi connectivity index (χ0n) is 9.75. The van der Waals surface area contributed by atoms with E-state index in [2.05, 4.69) is 11.4 Å². The zero-order valence-corrected chi connectivity index (χ0v) is 9.75.